The van der Waals surface area contributed by atoms with Gasteiger partial charge in [0, 0.05) is 43.2 Å². The molecule has 0 bridgehead atoms. The second-order valence-corrected chi connectivity index (χ2v) is 5.40. The molecule has 0 aliphatic rings. The first-order valence-electron chi connectivity index (χ1n) is 7.16. The van der Waals surface area contributed by atoms with E-state index in [4.69, 9.17) is 0 Å². The molecule has 5 nitrogen and oxygen atoms in total. The minimum Gasteiger partial charge on any atom is -0.352 e. The number of carbonyl (C=O) groups is 2. The van der Waals surface area contributed by atoms with E-state index < -0.39 is 0 Å². The van der Waals surface area contributed by atoms with Crippen LogP contribution in [0.25, 0.3) is 0 Å². The van der Waals surface area contributed by atoms with Gasteiger partial charge in [0.1, 0.15) is 0 Å². The van der Waals surface area contributed by atoms with E-state index in [1.54, 1.807) is 24.3 Å². The van der Waals surface area contributed by atoms with Crippen LogP contribution in [0.15, 0.2) is 30.3 Å². The molecule has 0 unspecified atom stereocenters. The van der Waals surface area contributed by atoms with Gasteiger partial charge in [-0.2, -0.15) is 0 Å². The number of anilines is 1. The molecule has 0 aliphatic heterocycles. The highest BCUT2D eigenvalue weighted by atomic mass is 16.2. The molecule has 0 aliphatic carbocycles. The second kappa shape index (κ2) is 6.47. The average molecular weight is 299 g/mol. The Morgan fingerprint density at radius 3 is 2.27 bits per heavy atom. The third-order valence-electron chi connectivity index (χ3n) is 3.79. The van der Waals surface area contributed by atoms with Crippen molar-refractivity contribution in [3.8, 4) is 0 Å². The van der Waals surface area contributed by atoms with E-state index in [1.807, 2.05) is 20.9 Å². The quantitative estimate of drug-likeness (QED) is 0.911. The number of hydrogen-bond donors (Lipinski definition) is 2. The molecule has 0 radical (unpaired) electrons. The van der Waals surface area contributed by atoms with Gasteiger partial charge in [0.2, 0.25) is 5.91 Å². The lowest BCUT2D eigenvalue weighted by Crippen LogP contribution is -2.23. The van der Waals surface area contributed by atoms with E-state index in [-0.39, 0.29) is 11.8 Å². The number of aromatic nitrogens is 1. The number of nitrogens with one attached hydrogen (secondary N) is 2. The maximum absolute atomic E-state index is 12.1. The van der Waals surface area contributed by atoms with Crippen LogP contribution >= 0.6 is 0 Å². The number of carbonyl (C=O) groups excluding carboxylic acids is 2. The highest BCUT2D eigenvalue weighted by Gasteiger charge is 2.09. The van der Waals surface area contributed by atoms with E-state index in [2.05, 4.69) is 21.3 Å². The van der Waals surface area contributed by atoms with Gasteiger partial charge in [-0.25, -0.2) is 0 Å². The Morgan fingerprint density at radius 2 is 1.77 bits per heavy atom. The molecule has 2 N–H and O–H groups in total. The van der Waals surface area contributed by atoms with Crippen LogP contribution in [0.4, 0.5) is 5.69 Å². The summed E-state index contributed by atoms with van der Waals surface area (Å²) in [5.74, 6) is -0.262. The van der Waals surface area contributed by atoms with Crippen LogP contribution in [-0.2, 0) is 18.4 Å². The van der Waals surface area contributed by atoms with Gasteiger partial charge in [0.25, 0.3) is 5.91 Å². The van der Waals surface area contributed by atoms with Gasteiger partial charge in [0.15, 0.2) is 0 Å². The van der Waals surface area contributed by atoms with Crippen molar-refractivity contribution in [3.63, 3.8) is 0 Å². The fraction of sp³-hybridized carbons (Fsp3) is 0.294. The van der Waals surface area contributed by atoms with Crippen LogP contribution in [-0.4, -0.2) is 16.4 Å². The van der Waals surface area contributed by atoms with Crippen LogP contribution in [0.2, 0.25) is 0 Å². The minimum absolute atomic E-state index is 0.129. The van der Waals surface area contributed by atoms with Crippen LogP contribution in [0.5, 0.6) is 0 Å². The number of rotatable bonds is 4. The summed E-state index contributed by atoms with van der Waals surface area (Å²) < 4.78 is 2.10. The van der Waals surface area contributed by atoms with Crippen molar-refractivity contribution >= 4 is 17.5 Å². The van der Waals surface area contributed by atoms with E-state index in [1.165, 1.54) is 12.6 Å². The summed E-state index contributed by atoms with van der Waals surface area (Å²) in [6.07, 6.45) is 0. The maximum atomic E-state index is 12.1. The Bertz CT molecular complexity index is 699. The van der Waals surface area contributed by atoms with E-state index in [0.29, 0.717) is 17.8 Å². The van der Waals surface area contributed by atoms with E-state index >= 15 is 0 Å². The number of aryl methyl sites for hydroxylation is 1. The summed E-state index contributed by atoms with van der Waals surface area (Å²) in [6.45, 7) is 6.03. The lowest BCUT2D eigenvalue weighted by molar-refractivity contribution is -0.114. The number of amides is 2. The second-order valence-electron chi connectivity index (χ2n) is 5.40. The SMILES string of the molecule is CC(=O)Nc1ccc(C(=O)NCc2cc(C)n(C)c2C)cc1. The normalized spacial score (nSPS) is 10.4. The molecule has 2 aromatic rings. The molecule has 5 heteroatoms. The molecule has 116 valence electrons. The number of nitrogens with zero attached hydrogens (tertiary/aromatic N) is 1. The van der Waals surface area contributed by atoms with Gasteiger partial charge in [-0.05, 0) is 49.7 Å². The molecule has 2 amide bonds. The van der Waals surface area contributed by atoms with Crippen LogP contribution in [0.3, 0.4) is 0 Å². The largest absolute Gasteiger partial charge is 0.352 e. The van der Waals surface area contributed by atoms with E-state index in [0.717, 1.165) is 11.3 Å². The molecule has 0 saturated heterocycles. The summed E-state index contributed by atoms with van der Waals surface area (Å²) in [5, 5.41) is 5.59. The molecule has 1 aromatic carbocycles. The minimum atomic E-state index is -0.132. The van der Waals surface area contributed by atoms with Gasteiger partial charge in [-0.15, -0.1) is 0 Å². The van der Waals surface area contributed by atoms with Gasteiger partial charge >= 0.3 is 0 Å². The Kier molecular flexibility index (Phi) is 4.65. The number of hydrogen-bond acceptors (Lipinski definition) is 2. The summed E-state index contributed by atoms with van der Waals surface area (Å²) in [6, 6.07) is 8.91. The Labute approximate surface area is 130 Å². The van der Waals surface area contributed by atoms with Crippen molar-refractivity contribution in [2.24, 2.45) is 7.05 Å². The van der Waals surface area contributed by atoms with Gasteiger partial charge in [-0.3, -0.25) is 9.59 Å². The highest BCUT2D eigenvalue weighted by molar-refractivity contribution is 5.95. The Hall–Kier alpha value is -2.56. The molecule has 0 spiro atoms. The van der Waals surface area contributed by atoms with Crippen LogP contribution in [0, 0.1) is 13.8 Å². The fourth-order valence-electron chi connectivity index (χ4n) is 2.30. The van der Waals surface area contributed by atoms with Crippen LogP contribution in [0.1, 0.15) is 34.2 Å². The van der Waals surface area contributed by atoms with E-state index in [9.17, 15) is 9.59 Å². The first-order chi connectivity index (χ1) is 10.4. The molecule has 0 saturated carbocycles. The van der Waals surface area contributed by atoms with Gasteiger partial charge in [0.05, 0.1) is 0 Å². The highest BCUT2D eigenvalue weighted by Crippen LogP contribution is 2.13. The standard InChI is InChI=1S/C17H21N3O2/c1-11-9-15(12(2)20(11)4)10-18-17(22)14-5-7-16(8-6-14)19-13(3)21/h5-9H,10H2,1-4H3,(H,18,22)(H,19,21). The topological polar surface area (TPSA) is 63.1 Å². The summed E-state index contributed by atoms with van der Waals surface area (Å²) in [5.41, 5.74) is 4.68. The van der Waals surface area contributed by atoms with Crippen molar-refractivity contribution in [1.82, 2.24) is 9.88 Å². The first kappa shape index (κ1) is 15.8. The molecule has 0 atom stereocenters. The fourth-order valence-corrected chi connectivity index (χ4v) is 2.30. The third-order valence-corrected chi connectivity index (χ3v) is 3.79. The lowest BCUT2D eigenvalue weighted by Gasteiger charge is -2.07. The predicted octanol–water partition coefficient (Wildman–Crippen LogP) is 2.53. The predicted molar refractivity (Wildman–Crippen MR) is 86.8 cm³/mol. The Morgan fingerprint density at radius 1 is 1.14 bits per heavy atom. The smallest absolute Gasteiger partial charge is 0.251 e. The third kappa shape index (κ3) is 3.55. The molecule has 0 fully saturated rings. The maximum Gasteiger partial charge on any atom is 0.251 e. The zero-order chi connectivity index (χ0) is 16.3. The molecule has 1 aromatic heterocycles. The molecular weight excluding hydrogens is 278 g/mol. The monoisotopic (exact) mass is 299 g/mol. The summed E-state index contributed by atoms with van der Waals surface area (Å²) in [4.78, 5) is 23.1. The molecule has 22 heavy (non-hydrogen) atoms. The Balaban J connectivity index is 2.00. The zero-order valence-corrected chi connectivity index (χ0v) is 13.4. The molecule has 2 rings (SSSR count). The number of benzene rings is 1. The first-order valence-corrected chi connectivity index (χ1v) is 7.16. The average Bonchev–Trinajstić information content (AvgIpc) is 2.72. The van der Waals surface area contributed by atoms with Crippen molar-refractivity contribution in [1.29, 1.82) is 0 Å². The zero-order valence-electron chi connectivity index (χ0n) is 13.4. The van der Waals surface area contributed by atoms with Crippen LogP contribution < -0.4 is 10.6 Å². The van der Waals surface area contributed by atoms with Crippen molar-refractivity contribution in [2.75, 3.05) is 5.32 Å². The van der Waals surface area contributed by atoms with Crippen molar-refractivity contribution < 1.29 is 9.59 Å². The van der Waals surface area contributed by atoms with Crippen molar-refractivity contribution in [3.05, 3.63) is 52.8 Å². The summed E-state index contributed by atoms with van der Waals surface area (Å²) >= 11 is 0. The van der Waals surface area contributed by atoms with Crippen molar-refractivity contribution in [2.45, 2.75) is 27.3 Å². The molecule has 1 heterocycles. The lowest BCUT2D eigenvalue weighted by atomic mass is 10.2. The van der Waals surface area contributed by atoms with Gasteiger partial charge in [-0.1, -0.05) is 0 Å². The van der Waals surface area contributed by atoms with Gasteiger partial charge < -0.3 is 15.2 Å². The summed E-state index contributed by atoms with van der Waals surface area (Å²) in [7, 11) is 2.01. The molecular formula is C17H21N3O2.